The van der Waals surface area contributed by atoms with Crippen molar-refractivity contribution < 1.29 is 14.3 Å². The number of rotatable bonds is 10. The first-order valence-corrected chi connectivity index (χ1v) is 13.1. The van der Waals surface area contributed by atoms with Gasteiger partial charge in [-0.3, -0.25) is 9.59 Å². The zero-order chi connectivity index (χ0) is 27.1. The fourth-order valence-corrected chi connectivity index (χ4v) is 4.46. The number of amides is 2. The van der Waals surface area contributed by atoms with E-state index < -0.39 is 6.04 Å². The van der Waals surface area contributed by atoms with E-state index in [-0.39, 0.29) is 31.0 Å². The van der Waals surface area contributed by atoms with Crippen molar-refractivity contribution in [3.05, 3.63) is 98.5 Å². The van der Waals surface area contributed by atoms with Crippen LogP contribution in [0.25, 0.3) is 0 Å². The molecule has 0 fully saturated rings. The molecule has 0 aromatic heterocycles. The van der Waals surface area contributed by atoms with Crippen molar-refractivity contribution in [1.82, 2.24) is 10.2 Å². The molecule has 0 saturated heterocycles. The van der Waals surface area contributed by atoms with E-state index >= 15 is 0 Å². The fraction of sp³-hybridized carbons (Fsp3) is 0.333. The molecule has 7 heteroatoms. The number of carbonyl (C=O) groups is 2. The van der Waals surface area contributed by atoms with Gasteiger partial charge in [0.25, 0.3) is 5.91 Å². The van der Waals surface area contributed by atoms with Crippen molar-refractivity contribution in [3.63, 3.8) is 0 Å². The molecule has 3 rings (SSSR count). The fourth-order valence-electron chi connectivity index (χ4n) is 4.14. The molecule has 0 radical (unpaired) electrons. The number of carbonyl (C=O) groups excluding carboxylic acids is 2. The van der Waals surface area contributed by atoms with Gasteiger partial charge in [-0.1, -0.05) is 65.7 Å². The third kappa shape index (κ3) is 7.98. The highest BCUT2D eigenvalue weighted by Gasteiger charge is 2.31. The molecule has 3 aromatic carbocycles. The summed E-state index contributed by atoms with van der Waals surface area (Å²) < 4.78 is 6.01. The van der Waals surface area contributed by atoms with Crippen LogP contribution in [0.15, 0.2) is 60.7 Å². The van der Waals surface area contributed by atoms with E-state index in [0.29, 0.717) is 22.2 Å². The molecule has 5 nitrogen and oxygen atoms in total. The molecule has 2 amide bonds. The highest BCUT2D eigenvalue weighted by atomic mass is 35.5. The lowest BCUT2D eigenvalue weighted by Gasteiger charge is -2.32. The highest BCUT2D eigenvalue weighted by molar-refractivity contribution is 6.42. The van der Waals surface area contributed by atoms with E-state index in [1.807, 2.05) is 77.1 Å². The van der Waals surface area contributed by atoms with E-state index in [4.69, 9.17) is 27.9 Å². The Hall–Kier alpha value is -3.02. The molecule has 1 atom stereocenters. The molecular formula is C30H34Cl2N2O3. The van der Waals surface area contributed by atoms with Gasteiger partial charge in [0.2, 0.25) is 5.91 Å². The maximum Gasteiger partial charge on any atom is 0.261 e. The summed E-state index contributed by atoms with van der Waals surface area (Å²) >= 11 is 12.4. The zero-order valence-electron chi connectivity index (χ0n) is 22.0. The smallest absolute Gasteiger partial charge is 0.261 e. The van der Waals surface area contributed by atoms with Crippen molar-refractivity contribution in [2.24, 2.45) is 0 Å². The van der Waals surface area contributed by atoms with Crippen LogP contribution in [0.4, 0.5) is 0 Å². The number of nitrogens with one attached hydrogen (secondary N) is 1. The van der Waals surface area contributed by atoms with Gasteiger partial charge in [0.05, 0.1) is 10.0 Å². The first-order chi connectivity index (χ1) is 17.5. The molecule has 3 aromatic rings. The van der Waals surface area contributed by atoms with Gasteiger partial charge >= 0.3 is 0 Å². The van der Waals surface area contributed by atoms with Crippen LogP contribution in [-0.2, 0) is 22.6 Å². The summed E-state index contributed by atoms with van der Waals surface area (Å²) in [5, 5.41) is 3.80. The Balaban J connectivity index is 1.96. The van der Waals surface area contributed by atoms with Crippen LogP contribution in [0, 0.1) is 20.8 Å². The summed E-state index contributed by atoms with van der Waals surface area (Å²) in [5.74, 6) is 0.130. The second-order valence-corrected chi connectivity index (χ2v) is 10.4. The summed E-state index contributed by atoms with van der Waals surface area (Å²) in [7, 11) is 0. The molecule has 1 N–H and O–H groups in total. The van der Waals surface area contributed by atoms with E-state index in [2.05, 4.69) is 11.4 Å². The van der Waals surface area contributed by atoms with Crippen LogP contribution < -0.4 is 10.1 Å². The minimum absolute atomic E-state index is 0.0816. The first kappa shape index (κ1) is 28.5. The molecule has 0 spiro atoms. The van der Waals surface area contributed by atoms with E-state index in [9.17, 15) is 9.59 Å². The van der Waals surface area contributed by atoms with Crippen LogP contribution >= 0.6 is 23.2 Å². The van der Waals surface area contributed by atoms with Crippen molar-refractivity contribution in [1.29, 1.82) is 0 Å². The number of benzene rings is 3. The minimum Gasteiger partial charge on any atom is -0.483 e. The number of hydrogen-bond donors (Lipinski definition) is 1. The second kappa shape index (κ2) is 13.0. The maximum atomic E-state index is 13.7. The van der Waals surface area contributed by atoms with Crippen molar-refractivity contribution in [2.45, 2.75) is 59.7 Å². The van der Waals surface area contributed by atoms with Crippen LogP contribution in [0.1, 0.15) is 41.7 Å². The van der Waals surface area contributed by atoms with Crippen molar-refractivity contribution >= 4 is 35.0 Å². The Bertz CT molecular complexity index is 1250. The summed E-state index contributed by atoms with van der Waals surface area (Å²) in [6.45, 7) is 9.74. The quantitative estimate of drug-likeness (QED) is 0.321. The Morgan fingerprint density at radius 3 is 2.27 bits per heavy atom. The van der Waals surface area contributed by atoms with Crippen LogP contribution in [0.3, 0.4) is 0 Å². The number of aryl methyl sites for hydroxylation is 2. The van der Waals surface area contributed by atoms with Crippen LogP contribution in [0.2, 0.25) is 10.0 Å². The van der Waals surface area contributed by atoms with Gasteiger partial charge in [-0.15, -0.1) is 0 Å². The summed E-state index contributed by atoms with van der Waals surface area (Å²) in [6, 6.07) is 18.1. The lowest BCUT2D eigenvalue weighted by atomic mass is 10.0. The Labute approximate surface area is 229 Å². The molecular weight excluding hydrogens is 507 g/mol. The van der Waals surface area contributed by atoms with Gasteiger partial charge in [-0.05, 0) is 80.6 Å². The lowest BCUT2D eigenvalue weighted by molar-refractivity contribution is -0.143. The van der Waals surface area contributed by atoms with Crippen LogP contribution in [0.5, 0.6) is 5.75 Å². The molecule has 196 valence electrons. The van der Waals surface area contributed by atoms with E-state index in [1.165, 1.54) is 0 Å². The number of hydrogen-bond acceptors (Lipinski definition) is 3. The summed E-state index contributed by atoms with van der Waals surface area (Å²) in [6.07, 6.45) is 0.356. The molecule has 37 heavy (non-hydrogen) atoms. The molecule has 1 unspecified atom stereocenters. The second-order valence-electron chi connectivity index (χ2n) is 9.63. The predicted octanol–water partition coefficient (Wildman–Crippen LogP) is 6.46. The highest BCUT2D eigenvalue weighted by Crippen LogP contribution is 2.26. The molecule has 0 heterocycles. The van der Waals surface area contributed by atoms with Gasteiger partial charge in [0.1, 0.15) is 11.8 Å². The van der Waals surface area contributed by atoms with Gasteiger partial charge in [-0.2, -0.15) is 0 Å². The summed E-state index contributed by atoms with van der Waals surface area (Å²) in [4.78, 5) is 28.7. The van der Waals surface area contributed by atoms with Gasteiger partial charge in [-0.25, -0.2) is 0 Å². The first-order valence-electron chi connectivity index (χ1n) is 12.3. The standard InChI is InChI=1S/C30H34Cl2N2O3/c1-19(2)33-30(36)27(16-23-9-7-6-8-10-23)34(17-24-11-12-25(31)26(32)15-24)29(35)18-37-28-14-20(3)13-21(4)22(28)5/h6-15,19,27H,16-18H2,1-5H3,(H,33,36). The lowest BCUT2D eigenvalue weighted by Crippen LogP contribution is -2.52. The Morgan fingerprint density at radius 2 is 1.62 bits per heavy atom. The third-order valence-electron chi connectivity index (χ3n) is 6.15. The van der Waals surface area contributed by atoms with Crippen molar-refractivity contribution in [3.8, 4) is 5.75 Å². The predicted molar refractivity (Wildman–Crippen MR) is 150 cm³/mol. The number of halogens is 2. The normalized spacial score (nSPS) is 11.8. The molecule has 0 aliphatic heterocycles. The van der Waals surface area contributed by atoms with Gasteiger partial charge in [0.15, 0.2) is 6.61 Å². The third-order valence-corrected chi connectivity index (χ3v) is 6.89. The molecule has 0 aliphatic carbocycles. The van der Waals surface area contributed by atoms with Crippen LogP contribution in [-0.4, -0.2) is 35.4 Å². The Morgan fingerprint density at radius 1 is 0.919 bits per heavy atom. The van der Waals surface area contributed by atoms with Gasteiger partial charge in [0, 0.05) is 19.0 Å². The van der Waals surface area contributed by atoms with E-state index in [0.717, 1.165) is 27.8 Å². The zero-order valence-corrected chi connectivity index (χ0v) is 23.5. The molecule has 0 saturated carbocycles. The maximum absolute atomic E-state index is 13.7. The Kier molecular flexibility index (Phi) is 10.0. The number of nitrogens with zero attached hydrogens (tertiary/aromatic N) is 1. The van der Waals surface area contributed by atoms with E-state index in [1.54, 1.807) is 17.0 Å². The molecule has 0 bridgehead atoms. The van der Waals surface area contributed by atoms with Crippen molar-refractivity contribution in [2.75, 3.05) is 6.61 Å². The average molecular weight is 542 g/mol. The largest absolute Gasteiger partial charge is 0.483 e. The monoisotopic (exact) mass is 540 g/mol. The minimum atomic E-state index is -0.754. The average Bonchev–Trinajstić information content (AvgIpc) is 2.84. The SMILES string of the molecule is Cc1cc(C)c(C)c(OCC(=O)N(Cc2ccc(Cl)c(Cl)c2)C(Cc2ccccc2)C(=O)NC(C)C)c1. The number of ether oxygens (including phenoxy) is 1. The summed E-state index contributed by atoms with van der Waals surface area (Å²) in [5.41, 5.74) is 4.84. The van der Waals surface area contributed by atoms with Gasteiger partial charge < -0.3 is 15.0 Å². The molecule has 0 aliphatic rings. The topological polar surface area (TPSA) is 58.6 Å².